The summed E-state index contributed by atoms with van der Waals surface area (Å²) in [7, 11) is 0. The highest BCUT2D eigenvalue weighted by atomic mass is 79.9. The Morgan fingerprint density at radius 1 is 1.03 bits per heavy atom. The molecule has 1 atom stereocenters. The van der Waals surface area contributed by atoms with Crippen LogP contribution >= 0.6 is 15.9 Å². The summed E-state index contributed by atoms with van der Waals surface area (Å²) < 4.78 is 35.1. The van der Waals surface area contributed by atoms with Crippen LogP contribution in [0.2, 0.25) is 0 Å². The summed E-state index contributed by atoms with van der Waals surface area (Å²) in [6.45, 7) is 0.0754. The fourth-order valence-corrected chi connectivity index (χ4v) is 4.10. The number of carbonyl (C=O) groups is 1. The molecule has 6 heteroatoms. The fraction of sp³-hybridized carbons (Fsp3) is 0.174. The molecule has 148 valence electrons. The summed E-state index contributed by atoms with van der Waals surface area (Å²) in [6, 6.07) is 18.1. The van der Waals surface area contributed by atoms with Crippen molar-refractivity contribution in [3.63, 3.8) is 0 Å². The molecule has 0 spiro atoms. The van der Waals surface area contributed by atoms with Crippen molar-refractivity contribution in [3.05, 3.63) is 99.5 Å². The smallest absolute Gasteiger partial charge is 0.415 e. The zero-order chi connectivity index (χ0) is 20.4. The van der Waals surface area contributed by atoms with Gasteiger partial charge in [0.25, 0.3) is 0 Å². The van der Waals surface area contributed by atoms with Crippen LogP contribution in [0.3, 0.4) is 0 Å². The van der Waals surface area contributed by atoms with Crippen molar-refractivity contribution in [2.24, 2.45) is 0 Å². The number of anilines is 1. The van der Waals surface area contributed by atoms with E-state index in [1.165, 1.54) is 17.0 Å². The third kappa shape index (κ3) is 4.03. The van der Waals surface area contributed by atoms with E-state index in [2.05, 4.69) is 15.9 Å². The van der Waals surface area contributed by atoms with E-state index in [1.54, 1.807) is 24.3 Å². The van der Waals surface area contributed by atoms with Gasteiger partial charge in [0, 0.05) is 15.6 Å². The number of hydrogen-bond acceptors (Lipinski definition) is 2. The van der Waals surface area contributed by atoms with Crippen LogP contribution in [0.4, 0.5) is 19.3 Å². The molecule has 3 aromatic carbocycles. The number of amides is 1. The summed E-state index contributed by atoms with van der Waals surface area (Å²) >= 11 is 3.29. The molecule has 0 bridgehead atoms. The lowest BCUT2D eigenvalue weighted by atomic mass is 9.91. The first kappa shape index (κ1) is 19.6. The van der Waals surface area contributed by atoms with Crippen molar-refractivity contribution in [3.8, 4) is 0 Å². The molecule has 1 amide bonds. The molecule has 4 rings (SSSR count). The average molecular weight is 458 g/mol. The molecule has 1 heterocycles. The van der Waals surface area contributed by atoms with Crippen molar-refractivity contribution in [2.45, 2.75) is 25.5 Å². The predicted molar refractivity (Wildman–Crippen MR) is 111 cm³/mol. The number of carbonyl (C=O) groups excluding carboxylic acids is 1. The van der Waals surface area contributed by atoms with Crippen LogP contribution in [0, 0.1) is 11.6 Å². The summed E-state index contributed by atoms with van der Waals surface area (Å²) in [4.78, 5) is 14.5. The van der Waals surface area contributed by atoms with E-state index in [9.17, 15) is 13.6 Å². The minimum atomic E-state index is -0.638. The molecule has 0 fully saturated rings. The van der Waals surface area contributed by atoms with Gasteiger partial charge in [-0.25, -0.2) is 13.6 Å². The van der Waals surface area contributed by atoms with Crippen molar-refractivity contribution >= 4 is 27.7 Å². The Bertz CT molecular complexity index is 1040. The van der Waals surface area contributed by atoms with E-state index in [0.29, 0.717) is 34.1 Å². The summed E-state index contributed by atoms with van der Waals surface area (Å²) in [6.07, 6.45) is 0.156. The predicted octanol–water partition coefficient (Wildman–Crippen LogP) is 6.56. The second-order valence-corrected chi connectivity index (χ2v) is 7.79. The molecule has 29 heavy (non-hydrogen) atoms. The van der Waals surface area contributed by atoms with E-state index >= 15 is 0 Å². The number of rotatable bonds is 3. The first-order valence-electron chi connectivity index (χ1n) is 9.27. The topological polar surface area (TPSA) is 29.5 Å². The van der Waals surface area contributed by atoms with Crippen molar-refractivity contribution < 1.29 is 18.3 Å². The Kier molecular flexibility index (Phi) is 5.62. The molecule has 0 saturated carbocycles. The highest BCUT2D eigenvalue weighted by Crippen LogP contribution is 2.42. The van der Waals surface area contributed by atoms with Gasteiger partial charge in [-0.15, -0.1) is 0 Å². The fourth-order valence-electron chi connectivity index (χ4n) is 3.68. The average Bonchev–Trinajstić information content (AvgIpc) is 2.72. The van der Waals surface area contributed by atoms with Gasteiger partial charge in [0.2, 0.25) is 0 Å². The van der Waals surface area contributed by atoms with E-state index in [4.69, 9.17) is 4.74 Å². The van der Waals surface area contributed by atoms with Crippen LogP contribution < -0.4 is 4.90 Å². The lowest BCUT2D eigenvalue weighted by Crippen LogP contribution is -2.39. The SMILES string of the molecule is O=C(OCc1ccccc1)N1c2cc(Br)cc(F)c2CCC1c1ccccc1F. The number of fused-ring (bicyclic) bond motifs is 1. The summed E-state index contributed by atoms with van der Waals surface area (Å²) in [5, 5.41) is 0. The second kappa shape index (κ2) is 8.33. The first-order valence-corrected chi connectivity index (χ1v) is 10.1. The zero-order valence-corrected chi connectivity index (χ0v) is 17.0. The quantitative estimate of drug-likeness (QED) is 0.445. The van der Waals surface area contributed by atoms with E-state index in [-0.39, 0.29) is 6.61 Å². The molecule has 1 aliphatic heterocycles. The molecule has 0 radical (unpaired) electrons. The maximum atomic E-state index is 14.5. The van der Waals surface area contributed by atoms with Crippen LogP contribution in [-0.2, 0) is 17.8 Å². The van der Waals surface area contributed by atoms with Crippen LogP contribution in [-0.4, -0.2) is 6.09 Å². The van der Waals surface area contributed by atoms with Crippen LogP contribution in [0.25, 0.3) is 0 Å². The maximum absolute atomic E-state index is 14.5. The van der Waals surface area contributed by atoms with E-state index < -0.39 is 23.8 Å². The first-order chi connectivity index (χ1) is 14.0. The molecule has 3 nitrogen and oxygen atoms in total. The third-order valence-electron chi connectivity index (χ3n) is 5.04. The number of ether oxygens (including phenoxy) is 1. The third-order valence-corrected chi connectivity index (χ3v) is 5.50. The van der Waals surface area contributed by atoms with Gasteiger partial charge in [-0.05, 0) is 36.6 Å². The molecule has 1 aliphatic rings. The number of benzene rings is 3. The standard InChI is InChI=1S/C23H18BrF2NO2/c24-16-12-20(26)18-10-11-21(17-8-4-5-9-19(17)25)27(22(18)13-16)23(28)29-14-15-6-2-1-3-7-15/h1-9,12-13,21H,10-11,14H2. The lowest BCUT2D eigenvalue weighted by Gasteiger charge is -2.37. The van der Waals surface area contributed by atoms with Crippen LogP contribution in [0.5, 0.6) is 0 Å². The van der Waals surface area contributed by atoms with Crippen LogP contribution in [0.1, 0.15) is 29.2 Å². The molecule has 0 saturated heterocycles. The molecule has 0 aromatic heterocycles. The number of hydrogen-bond donors (Lipinski definition) is 0. The summed E-state index contributed by atoms with van der Waals surface area (Å²) in [5.41, 5.74) is 2.04. The normalized spacial score (nSPS) is 15.7. The Balaban J connectivity index is 1.72. The largest absolute Gasteiger partial charge is 0.444 e. The van der Waals surface area contributed by atoms with Gasteiger partial charge in [0.1, 0.15) is 18.2 Å². The van der Waals surface area contributed by atoms with E-state index in [1.807, 2.05) is 30.3 Å². The molecule has 0 aliphatic carbocycles. The molecular weight excluding hydrogens is 440 g/mol. The maximum Gasteiger partial charge on any atom is 0.415 e. The Morgan fingerprint density at radius 2 is 1.76 bits per heavy atom. The van der Waals surface area contributed by atoms with Crippen molar-refractivity contribution in [2.75, 3.05) is 4.90 Å². The minimum absolute atomic E-state index is 0.0754. The minimum Gasteiger partial charge on any atom is -0.444 e. The summed E-state index contributed by atoms with van der Waals surface area (Å²) in [5.74, 6) is -0.806. The number of nitrogens with zero attached hydrogens (tertiary/aromatic N) is 1. The van der Waals surface area contributed by atoms with Crippen LogP contribution in [0.15, 0.2) is 71.2 Å². The van der Waals surface area contributed by atoms with Gasteiger partial charge in [0.15, 0.2) is 0 Å². The van der Waals surface area contributed by atoms with Crippen molar-refractivity contribution in [1.82, 2.24) is 0 Å². The van der Waals surface area contributed by atoms with Gasteiger partial charge in [-0.1, -0.05) is 64.5 Å². The highest BCUT2D eigenvalue weighted by Gasteiger charge is 2.36. The van der Waals surface area contributed by atoms with Gasteiger partial charge in [-0.2, -0.15) is 0 Å². The zero-order valence-electron chi connectivity index (χ0n) is 15.4. The van der Waals surface area contributed by atoms with E-state index in [0.717, 1.165) is 5.56 Å². The van der Waals surface area contributed by atoms with Gasteiger partial charge < -0.3 is 4.74 Å². The Hall–Kier alpha value is -2.73. The Morgan fingerprint density at radius 3 is 2.52 bits per heavy atom. The van der Waals surface area contributed by atoms with Gasteiger partial charge in [-0.3, -0.25) is 4.90 Å². The molecule has 0 N–H and O–H groups in total. The Labute approximate surface area is 176 Å². The second-order valence-electron chi connectivity index (χ2n) is 6.87. The van der Waals surface area contributed by atoms with Gasteiger partial charge in [0.05, 0.1) is 11.7 Å². The number of halogens is 3. The monoisotopic (exact) mass is 457 g/mol. The lowest BCUT2D eigenvalue weighted by molar-refractivity contribution is 0.143. The molecular formula is C23H18BrF2NO2. The van der Waals surface area contributed by atoms with Crippen molar-refractivity contribution in [1.29, 1.82) is 0 Å². The highest BCUT2D eigenvalue weighted by molar-refractivity contribution is 9.10. The molecule has 3 aromatic rings. The van der Waals surface area contributed by atoms with Gasteiger partial charge >= 0.3 is 6.09 Å². The molecule has 1 unspecified atom stereocenters.